The number of aryl methyl sites for hydroxylation is 1. The van der Waals surface area contributed by atoms with Gasteiger partial charge in [0.25, 0.3) is 5.91 Å². The zero-order valence-corrected chi connectivity index (χ0v) is 22.6. The Labute approximate surface area is 224 Å². The monoisotopic (exact) mass is 616 g/mol. The van der Waals surface area contributed by atoms with Crippen LogP contribution in [0.15, 0.2) is 69.1 Å². The fraction of sp³-hybridized carbons (Fsp3) is 0.115. The molecule has 0 radical (unpaired) electrons. The van der Waals surface area contributed by atoms with Gasteiger partial charge in [0.1, 0.15) is 11.6 Å². The van der Waals surface area contributed by atoms with Crippen molar-refractivity contribution < 1.29 is 19.1 Å². The second-order valence-corrected chi connectivity index (χ2v) is 9.41. The minimum Gasteiger partial charge on any atom is -0.490 e. The van der Waals surface area contributed by atoms with Crippen molar-refractivity contribution in [3.05, 3.63) is 90.8 Å². The van der Waals surface area contributed by atoms with Gasteiger partial charge in [-0.15, -0.1) is 0 Å². The molecular formula is C26H19Br2ClN2O4. The minimum atomic E-state index is -0.575. The molecule has 9 heteroatoms. The molecular weight excluding hydrogens is 600 g/mol. The van der Waals surface area contributed by atoms with Gasteiger partial charge in [0.2, 0.25) is 0 Å². The molecule has 0 heterocycles. The second kappa shape index (κ2) is 12.0. The normalized spacial score (nSPS) is 10.9. The number of hydrogen-bond acceptors (Lipinski definition) is 5. The Morgan fingerprint density at radius 1 is 1.06 bits per heavy atom. The van der Waals surface area contributed by atoms with Crippen molar-refractivity contribution in [3.8, 4) is 17.6 Å². The molecule has 1 amide bonds. The third-order valence-corrected chi connectivity index (χ3v) is 6.15. The summed E-state index contributed by atoms with van der Waals surface area (Å²) in [6, 6.07) is 16.7. The maximum absolute atomic E-state index is 12.8. The van der Waals surface area contributed by atoms with Gasteiger partial charge in [0.05, 0.1) is 17.9 Å². The molecule has 0 aliphatic rings. The molecule has 6 nitrogen and oxygen atoms in total. The van der Waals surface area contributed by atoms with Crippen molar-refractivity contribution in [1.29, 1.82) is 5.26 Å². The average molecular weight is 619 g/mol. The quantitative estimate of drug-likeness (QED) is 0.130. The van der Waals surface area contributed by atoms with Crippen LogP contribution in [0.5, 0.6) is 11.5 Å². The van der Waals surface area contributed by atoms with Crippen molar-refractivity contribution in [1.82, 2.24) is 0 Å². The predicted octanol–water partition coefficient (Wildman–Crippen LogP) is 7.34. The van der Waals surface area contributed by atoms with Crippen LogP contribution in [0.3, 0.4) is 0 Å². The predicted molar refractivity (Wildman–Crippen MR) is 143 cm³/mol. The van der Waals surface area contributed by atoms with Gasteiger partial charge in [-0.2, -0.15) is 5.26 Å². The molecule has 0 saturated carbocycles. The molecule has 0 unspecified atom stereocenters. The molecule has 178 valence electrons. The first-order valence-electron chi connectivity index (χ1n) is 10.3. The molecule has 0 aromatic heterocycles. The summed E-state index contributed by atoms with van der Waals surface area (Å²) in [7, 11) is 0. The van der Waals surface area contributed by atoms with Crippen LogP contribution in [0.25, 0.3) is 6.08 Å². The van der Waals surface area contributed by atoms with E-state index < -0.39 is 11.9 Å². The van der Waals surface area contributed by atoms with E-state index in [2.05, 4.69) is 37.2 Å². The van der Waals surface area contributed by atoms with Gasteiger partial charge in [-0.1, -0.05) is 17.7 Å². The summed E-state index contributed by atoms with van der Waals surface area (Å²) in [5.41, 5.74) is 2.25. The molecule has 0 aliphatic carbocycles. The Kier molecular flexibility index (Phi) is 9.10. The lowest BCUT2D eigenvalue weighted by atomic mass is 10.1. The van der Waals surface area contributed by atoms with Gasteiger partial charge in [-0.3, -0.25) is 4.79 Å². The van der Waals surface area contributed by atoms with Crippen LogP contribution >= 0.6 is 43.5 Å². The third-order valence-electron chi connectivity index (χ3n) is 4.65. The number of halogens is 3. The van der Waals surface area contributed by atoms with E-state index in [1.165, 1.54) is 6.08 Å². The van der Waals surface area contributed by atoms with E-state index in [1.54, 1.807) is 49.4 Å². The van der Waals surface area contributed by atoms with E-state index in [0.717, 1.165) is 5.56 Å². The number of nitriles is 1. The number of ether oxygens (including phenoxy) is 2. The highest BCUT2D eigenvalue weighted by molar-refractivity contribution is 9.11. The number of carbonyl (C=O) groups excluding carboxylic acids is 2. The number of anilines is 1. The Morgan fingerprint density at radius 2 is 1.71 bits per heavy atom. The number of nitrogens with zero attached hydrogens (tertiary/aromatic N) is 1. The lowest BCUT2D eigenvalue weighted by Gasteiger charge is -2.12. The van der Waals surface area contributed by atoms with Crippen molar-refractivity contribution in [3.63, 3.8) is 0 Å². The van der Waals surface area contributed by atoms with Gasteiger partial charge < -0.3 is 14.8 Å². The number of carbonyl (C=O) groups is 2. The molecule has 0 aliphatic heterocycles. The van der Waals surface area contributed by atoms with Gasteiger partial charge in [0.15, 0.2) is 11.5 Å². The molecule has 3 aromatic carbocycles. The van der Waals surface area contributed by atoms with E-state index in [9.17, 15) is 14.9 Å². The van der Waals surface area contributed by atoms with Crippen molar-refractivity contribution in [2.24, 2.45) is 0 Å². The Hall–Kier alpha value is -3.12. The molecule has 1 N–H and O–H groups in total. The van der Waals surface area contributed by atoms with E-state index >= 15 is 0 Å². The Bertz CT molecular complexity index is 1330. The topological polar surface area (TPSA) is 88.4 Å². The van der Waals surface area contributed by atoms with Crippen LogP contribution < -0.4 is 14.8 Å². The first-order valence-corrected chi connectivity index (χ1v) is 12.3. The molecule has 0 saturated heterocycles. The van der Waals surface area contributed by atoms with Gasteiger partial charge in [-0.05, 0) is 111 Å². The molecule has 0 atom stereocenters. The molecule has 3 aromatic rings. The highest BCUT2D eigenvalue weighted by Crippen LogP contribution is 2.33. The number of hydrogen-bond donors (Lipinski definition) is 1. The van der Waals surface area contributed by atoms with Crippen LogP contribution in [0, 0.1) is 18.3 Å². The fourth-order valence-corrected chi connectivity index (χ4v) is 4.77. The van der Waals surface area contributed by atoms with Crippen LogP contribution in [0.4, 0.5) is 5.69 Å². The third kappa shape index (κ3) is 6.95. The average Bonchev–Trinajstić information content (AvgIpc) is 2.81. The minimum absolute atomic E-state index is 0.113. The number of nitrogens with one attached hydrogen (secondary N) is 1. The molecule has 0 fully saturated rings. The second-order valence-electron chi connectivity index (χ2n) is 7.26. The standard InChI is InChI=1S/C26H19Br2ClN2O4/c1-3-34-23-13-16(4-9-22(23)35-26(33)17-5-7-19(29)8-6-17)12-18(14-30)25(32)31-24-20(27)10-15(2)11-21(24)28/h4-13H,3H2,1-2H3,(H,31,32)/b18-12+. The molecule has 0 spiro atoms. The van der Waals surface area contributed by atoms with Gasteiger partial charge in [0, 0.05) is 14.0 Å². The summed E-state index contributed by atoms with van der Waals surface area (Å²) in [6.07, 6.45) is 1.43. The molecule has 0 bridgehead atoms. The maximum atomic E-state index is 12.8. The zero-order chi connectivity index (χ0) is 25.5. The highest BCUT2D eigenvalue weighted by Gasteiger charge is 2.16. The van der Waals surface area contributed by atoms with E-state index in [1.807, 2.05) is 25.1 Å². The number of benzene rings is 3. The van der Waals surface area contributed by atoms with Crippen LogP contribution in [-0.4, -0.2) is 18.5 Å². The summed E-state index contributed by atoms with van der Waals surface area (Å²) in [6.45, 7) is 4.03. The molecule has 35 heavy (non-hydrogen) atoms. The number of rotatable bonds is 7. The smallest absolute Gasteiger partial charge is 0.343 e. The van der Waals surface area contributed by atoms with Crippen LogP contribution in [-0.2, 0) is 4.79 Å². The van der Waals surface area contributed by atoms with E-state index in [-0.39, 0.29) is 11.3 Å². The summed E-state index contributed by atoms with van der Waals surface area (Å²) in [5.74, 6) is -0.643. The SMILES string of the molecule is CCOc1cc(/C=C(\C#N)C(=O)Nc2c(Br)cc(C)cc2Br)ccc1OC(=O)c1ccc(Cl)cc1. The summed E-state index contributed by atoms with van der Waals surface area (Å²) in [4.78, 5) is 25.3. The summed E-state index contributed by atoms with van der Waals surface area (Å²) < 4.78 is 12.5. The number of amides is 1. The van der Waals surface area contributed by atoms with Crippen molar-refractivity contribution in [2.75, 3.05) is 11.9 Å². The Morgan fingerprint density at radius 3 is 2.31 bits per heavy atom. The van der Waals surface area contributed by atoms with Crippen molar-refractivity contribution >= 4 is 67.1 Å². The van der Waals surface area contributed by atoms with Crippen molar-refractivity contribution in [2.45, 2.75) is 13.8 Å². The lowest BCUT2D eigenvalue weighted by molar-refractivity contribution is -0.112. The zero-order valence-electron chi connectivity index (χ0n) is 18.7. The summed E-state index contributed by atoms with van der Waals surface area (Å²) in [5, 5.41) is 12.8. The maximum Gasteiger partial charge on any atom is 0.343 e. The fourth-order valence-electron chi connectivity index (χ4n) is 3.03. The van der Waals surface area contributed by atoms with E-state index in [0.29, 0.717) is 43.1 Å². The Balaban J connectivity index is 1.85. The van der Waals surface area contributed by atoms with Crippen LogP contribution in [0.2, 0.25) is 5.02 Å². The summed E-state index contributed by atoms with van der Waals surface area (Å²) >= 11 is 12.7. The van der Waals surface area contributed by atoms with Crippen LogP contribution in [0.1, 0.15) is 28.4 Å². The number of esters is 1. The first-order chi connectivity index (χ1) is 16.7. The first kappa shape index (κ1) is 26.5. The van der Waals surface area contributed by atoms with E-state index in [4.69, 9.17) is 21.1 Å². The van der Waals surface area contributed by atoms with Gasteiger partial charge >= 0.3 is 5.97 Å². The van der Waals surface area contributed by atoms with Gasteiger partial charge in [-0.25, -0.2) is 4.79 Å². The highest BCUT2D eigenvalue weighted by atomic mass is 79.9. The lowest BCUT2D eigenvalue weighted by Crippen LogP contribution is -2.14. The largest absolute Gasteiger partial charge is 0.490 e. The molecule has 3 rings (SSSR count).